The van der Waals surface area contributed by atoms with Crippen molar-refractivity contribution in [3.05, 3.63) is 58.9 Å². The minimum atomic E-state index is -0.229. The molecule has 2 aliphatic heterocycles. The Hall–Kier alpha value is -1.56. The maximum absolute atomic E-state index is 13.9. The van der Waals surface area contributed by atoms with E-state index in [0.717, 1.165) is 38.1 Å². The molecule has 0 amide bonds. The van der Waals surface area contributed by atoms with Gasteiger partial charge in [0.05, 0.1) is 12.7 Å². The fourth-order valence-electron chi connectivity index (χ4n) is 3.85. The molecule has 0 aliphatic carbocycles. The monoisotopic (exact) mass is 347 g/mol. The summed E-state index contributed by atoms with van der Waals surface area (Å²) in [4.78, 5) is 10.4. The Labute approximate surface area is 145 Å². The number of rotatable bonds is 4. The molecule has 2 aliphatic rings. The van der Waals surface area contributed by atoms with Crippen LogP contribution in [-0.2, 0) is 17.7 Å². The number of ether oxygens (including phenoxy) is 1. The molecule has 1 aromatic heterocycles. The first-order valence-electron chi connectivity index (χ1n) is 8.14. The van der Waals surface area contributed by atoms with E-state index in [9.17, 15) is 4.39 Å². The van der Waals surface area contributed by atoms with Crippen LogP contribution in [-0.4, -0.2) is 40.7 Å². The number of hydrogen-bond donors (Lipinski definition) is 0. The van der Waals surface area contributed by atoms with Crippen LogP contribution in [0.4, 0.5) is 4.39 Å². The van der Waals surface area contributed by atoms with Gasteiger partial charge in [-0.15, -0.1) is 0 Å². The third-order valence-electron chi connectivity index (χ3n) is 4.89. The van der Waals surface area contributed by atoms with Gasteiger partial charge < -0.3 is 4.74 Å². The molecule has 1 atom stereocenters. The second-order valence-electron chi connectivity index (χ2n) is 6.97. The van der Waals surface area contributed by atoms with Crippen molar-refractivity contribution < 1.29 is 9.13 Å². The summed E-state index contributed by atoms with van der Waals surface area (Å²) in [5.41, 5.74) is 2.04. The maximum Gasteiger partial charge on any atom is 0.129 e. The normalized spacial score (nSPS) is 22.7. The highest BCUT2D eigenvalue weighted by Gasteiger charge is 2.48. The van der Waals surface area contributed by atoms with Gasteiger partial charge in [0.1, 0.15) is 12.1 Å². The third kappa shape index (κ3) is 3.29. The first-order chi connectivity index (χ1) is 11.6. The minimum absolute atomic E-state index is 0.225. The molecule has 2 fully saturated rings. The van der Waals surface area contributed by atoms with Crippen molar-refractivity contribution in [2.75, 3.05) is 19.7 Å². The summed E-state index contributed by atoms with van der Waals surface area (Å²) in [5.74, 6) is -0.229. The van der Waals surface area contributed by atoms with Crippen molar-refractivity contribution in [1.82, 2.24) is 14.9 Å². The number of hydrogen-bond acceptors (Lipinski definition) is 4. The molecule has 3 heterocycles. The third-order valence-corrected chi connectivity index (χ3v) is 5.13. The van der Waals surface area contributed by atoms with E-state index < -0.39 is 0 Å². The van der Waals surface area contributed by atoms with Gasteiger partial charge >= 0.3 is 0 Å². The molecule has 126 valence electrons. The van der Waals surface area contributed by atoms with Gasteiger partial charge in [-0.1, -0.05) is 17.7 Å². The maximum atomic E-state index is 13.9. The predicted octanol–water partition coefficient (Wildman–Crippen LogP) is 3.10. The first kappa shape index (κ1) is 15.9. The summed E-state index contributed by atoms with van der Waals surface area (Å²) < 4.78 is 19.9. The van der Waals surface area contributed by atoms with E-state index in [0.29, 0.717) is 17.1 Å². The van der Waals surface area contributed by atoms with Crippen LogP contribution < -0.4 is 0 Å². The van der Waals surface area contributed by atoms with Crippen LogP contribution in [0.2, 0.25) is 5.02 Å². The van der Waals surface area contributed by atoms with Gasteiger partial charge in [0.25, 0.3) is 0 Å². The molecule has 4 nitrogen and oxygen atoms in total. The second-order valence-corrected chi connectivity index (χ2v) is 7.41. The van der Waals surface area contributed by atoms with Crippen molar-refractivity contribution >= 4 is 11.6 Å². The Kier molecular flexibility index (Phi) is 4.24. The Morgan fingerprint density at radius 1 is 1.29 bits per heavy atom. The molecule has 0 bridgehead atoms. The van der Waals surface area contributed by atoms with E-state index >= 15 is 0 Å². The van der Waals surface area contributed by atoms with Gasteiger partial charge in [-0.05, 0) is 24.1 Å². The lowest BCUT2D eigenvalue weighted by Gasteiger charge is -2.47. The van der Waals surface area contributed by atoms with Crippen LogP contribution in [0.1, 0.15) is 17.5 Å². The van der Waals surface area contributed by atoms with Crippen LogP contribution in [0.3, 0.4) is 0 Å². The zero-order valence-electron chi connectivity index (χ0n) is 13.3. The van der Waals surface area contributed by atoms with Gasteiger partial charge in [-0.2, -0.15) is 0 Å². The molecular formula is C18H19ClFN3O. The number of halogens is 2. The summed E-state index contributed by atoms with van der Waals surface area (Å²) in [7, 11) is 0. The zero-order valence-corrected chi connectivity index (χ0v) is 14.0. The summed E-state index contributed by atoms with van der Waals surface area (Å²) in [6.07, 6.45) is 7.36. The lowest BCUT2D eigenvalue weighted by molar-refractivity contribution is -0.0146. The molecule has 0 radical (unpaired) electrons. The molecule has 6 heteroatoms. The van der Waals surface area contributed by atoms with Crippen molar-refractivity contribution in [2.45, 2.75) is 25.5 Å². The molecule has 4 rings (SSSR count). The van der Waals surface area contributed by atoms with E-state index in [2.05, 4.69) is 14.9 Å². The van der Waals surface area contributed by atoms with Gasteiger partial charge in [-0.25, -0.2) is 14.4 Å². The number of aromatic nitrogens is 2. The molecule has 1 aromatic carbocycles. The lowest BCUT2D eigenvalue weighted by atomic mass is 9.77. The summed E-state index contributed by atoms with van der Waals surface area (Å²) in [5, 5.41) is 0.438. The fourth-order valence-corrected chi connectivity index (χ4v) is 4.01. The van der Waals surface area contributed by atoms with Crippen LogP contribution in [0, 0.1) is 11.2 Å². The molecular weight excluding hydrogens is 329 g/mol. The molecule has 0 unspecified atom stereocenters. The van der Waals surface area contributed by atoms with E-state index in [1.807, 2.05) is 12.4 Å². The standard InChI is InChI=1S/C18H19ClFN3O/c19-15-2-1-14(17(20)4-15)8-23-9-18(10-23)5-16(24-11-18)3-13-6-21-12-22-7-13/h1-2,4,6-7,12,16H,3,5,8-11H2/t16-/m0/s1. The van der Waals surface area contributed by atoms with Crippen molar-refractivity contribution in [2.24, 2.45) is 5.41 Å². The lowest BCUT2D eigenvalue weighted by Crippen LogP contribution is -2.56. The first-order valence-corrected chi connectivity index (χ1v) is 8.51. The van der Waals surface area contributed by atoms with E-state index in [1.165, 1.54) is 6.07 Å². The largest absolute Gasteiger partial charge is 0.377 e. The highest BCUT2D eigenvalue weighted by Crippen LogP contribution is 2.42. The van der Waals surface area contributed by atoms with Crippen molar-refractivity contribution in [3.63, 3.8) is 0 Å². The van der Waals surface area contributed by atoms with Crippen LogP contribution in [0.15, 0.2) is 36.9 Å². The minimum Gasteiger partial charge on any atom is -0.377 e. The van der Waals surface area contributed by atoms with E-state index in [4.69, 9.17) is 16.3 Å². The topological polar surface area (TPSA) is 38.2 Å². The quantitative estimate of drug-likeness (QED) is 0.852. The smallest absolute Gasteiger partial charge is 0.129 e. The molecule has 0 N–H and O–H groups in total. The average Bonchev–Trinajstić information content (AvgIpc) is 2.94. The second kappa shape index (κ2) is 6.39. The average molecular weight is 348 g/mol. The molecule has 1 spiro atoms. The molecule has 0 saturated carbocycles. The van der Waals surface area contributed by atoms with E-state index in [-0.39, 0.29) is 17.3 Å². The molecule has 2 aromatic rings. The van der Waals surface area contributed by atoms with Crippen LogP contribution in [0.5, 0.6) is 0 Å². The number of benzene rings is 1. The highest BCUT2D eigenvalue weighted by atomic mass is 35.5. The van der Waals surface area contributed by atoms with Crippen molar-refractivity contribution in [1.29, 1.82) is 0 Å². The highest BCUT2D eigenvalue weighted by molar-refractivity contribution is 6.30. The Balaban J connectivity index is 1.31. The van der Waals surface area contributed by atoms with Crippen molar-refractivity contribution in [3.8, 4) is 0 Å². The van der Waals surface area contributed by atoms with Gasteiger partial charge in [-0.3, -0.25) is 4.90 Å². The Morgan fingerprint density at radius 2 is 2.08 bits per heavy atom. The molecule has 24 heavy (non-hydrogen) atoms. The molecule has 2 saturated heterocycles. The zero-order chi connectivity index (χ0) is 16.6. The van der Waals surface area contributed by atoms with Gasteiger partial charge in [0.2, 0.25) is 0 Å². The summed E-state index contributed by atoms with van der Waals surface area (Å²) >= 11 is 5.80. The van der Waals surface area contributed by atoms with Gasteiger partial charge in [0, 0.05) is 54.4 Å². The van der Waals surface area contributed by atoms with Gasteiger partial charge in [0.15, 0.2) is 0 Å². The number of nitrogens with zero attached hydrogens (tertiary/aromatic N) is 3. The summed E-state index contributed by atoms with van der Waals surface area (Å²) in [6.45, 7) is 3.32. The Bertz CT molecular complexity index is 721. The SMILES string of the molecule is Fc1cc(Cl)ccc1CN1CC2(CO[C@@H](Cc3cncnc3)C2)C1. The Morgan fingerprint density at radius 3 is 2.83 bits per heavy atom. The van der Waals surface area contributed by atoms with Crippen LogP contribution >= 0.6 is 11.6 Å². The van der Waals surface area contributed by atoms with E-state index in [1.54, 1.807) is 18.5 Å². The summed E-state index contributed by atoms with van der Waals surface area (Å²) in [6, 6.07) is 4.89. The predicted molar refractivity (Wildman–Crippen MR) is 89.2 cm³/mol. The number of likely N-dealkylation sites (tertiary alicyclic amines) is 1. The fraction of sp³-hybridized carbons (Fsp3) is 0.444. The van der Waals surface area contributed by atoms with Crippen LogP contribution in [0.25, 0.3) is 0 Å².